The molecule has 1 aromatic heterocycles. The Kier molecular flexibility index (Phi) is 8.87. The molecule has 3 aliphatic heterocycles. The molecule has 3 aromatic rings. The van der Waals surface area contributed by atoms with E-state index < -0.39 is 17.7 Å². The molecule has 3 saturated heterocycles. The van der Waals surface area contributed by atoms with Gasteiger partial charge in [-0.05, 0) is 36.8 Å². The second-order valence-corrected chi connectivity index (χ2v) is 10.8. The van der Waals surface area contributed by atoms with Gasteiger partial charge in [-0.2, -0.15) is 0 Å². The van der Waals surface area contributed by atoms with E-state index in [4.69, 9.17) is 14.3 Å². The highest BCUT2D eigenvalue weighted by atomic mass is 19.1. The summed E-state index contributed by atoms with van der Waals surface area (Å²) in [7, 11) is 1.58. The molecule has 2 N–H and O–H groups in total. The third-order valence-corrected chi connectivity index (χ3v) is 8.19. The number of hydroxylamine groups is 1. The maximum absolute atomic E-state index is 14.6. The zero-order valence-corrected chi connectivity index (χ0v) is 24.5. The van der Waals surface area contributed by atoms with Crippen molar-refractivity contribution in [2.45, 2.75) is 24.9 Å². The van der Waals surface area contributed by atoms with Gasteiger partial charge in [0.15, 0.2) is 5.82 Å². The lowest BCUT2D eigenvalue weighted by Crippen LogP contribution is -2.44. The summed E-state index contributed by atoms with van der Waals surface area (Å²) in [5.74, 6) is -0.0624. The molecule has 0 radical (unpaired) electrons. The molecule has 13 heteroatoms. The van der Waals surface area contributed by atoms with Crippen LogP contribution in [0.1, 0.15) is 24.4 Å². The first-order chi connectivity index (χ1) is 21.4. The standard InChI is InChI=1S/C31H35F2N7O4/c1-3-31(41)37-24-15-25(28(42-2)16-27(24)39-8-6-21(18-39)38-9-12-43-13-10-38)36-29-17-30(35-19-34-29)40-26(7-11-44-40)22-14-20(32)4-5-23(22)33/h3-5,14-17,19,21,26H,1,6-13,18H2,2H3,(H,37,41)(H,34,35,36)/t21-,26+/m0/s1. The van der Waals surface area contributed by atoms with Crippen molar-refractivity contribution < 1.29 is 27.9 Å². The molecule has 0 saturated carbocycles. The van der Waals surface area contributed by atoms with E-state index in [-0.39, 0.29) is 11.5 Å². The molecule has 232 valence electrons. The Hall–Kier alpha value is -4.33. The maximum Gasteiger partial charge on any atom is 0.247 e. The first-order valence-corrected chi connectivity index (χ1v) is 14.6. The lowest BCUT2D eigenvalue weighted by Gasteiger charge is -2.32. The number of aromatic nitrogens is 2. The number of hydrogen-bond donors (Lipinski definition) is 2. The minimum atomic E-state index is -0.565. The highest BCUT2D eigenvalue weighted by Crippen LogP contribution is 2.41. The number of anilines is 5. The maximum atomic E-state index is 14.6. The van der Waals surface area contributed by atoms with Crippen molar-refractivity contribution in [3.05, 3.63) is 72.6 Å². The van der Waals surface area contributed by atoms with Crippen molar-refractivity contribution in [3.63, 3.8) is 0 Å². The molecule has 4 heterocycles. The Bertz CT molecular complexity index is 1520. The third-order valence-electron chi connectivity index (χ3n) is 8.19. The predicted molar refractivity (Wildman–Crippen MR) is 162 cm³/mol. The molecule has 3 fully saturated rings. The summed E-state index contributed by atoms with van der Waals surface area (Å²) >= 11 is 0. The molecular formula is C31H35F2N7O4. The van der Waals surface area contributed by atoms with E-state index in [1.165, 1.54) is 23.5 Å². The fourth-order valence-electron chi connectivity index (χ4n) is 6.00. The van der Waals surface area contributed by atoms with Gasteiger partial charge in [0, 0.05) is 56.3 Å². The minimum Gasteiger partial charge on any atom is -0.494 e. The number of amides is 1. The number of nitrogens with zero attached hydrogens (tertiary/aromatic N) is 5. The second-order valence-electron chi connectivity index (χ2n) is 10.8. The lowest BCUT2D eigenvalue weighted by molar-refractivity contribution is -0.111. The number of ether oxygens (including phenoxy) is 2. The van der Waals surface area contributed by atoms with E-state index in [0.717, 1.165) is 63.6 Å². The van der Waals surface area contributed by atoms with E-state index in [1.54, 1.807) is 19.2 Å². The number of halogens is 2. The Morgan fingerprint density at radius 1 is 1.07 bits per heavy atom. The summed E-state index contributed by atoms with van der Waals surface area (Å²) in [5.41, 5.74) is 2.18. The summed E-state index contributed by atoms with van der Waals surface area (Å²) in [6.45, 7) is 8.85. The van der Waals surface area contributed by atoms with Crippen LogP contribution in [0.2, 0.25) is 0 Å². The van der Waals surface area contributed by atoms with Gasteiger partial charge in [-0.1, -0.05) is 6.58 Å². The van der Waals surface area contributed by atoms with Gasteiger partial charge in [-0.15, -0.1) is 0 Å². The van der Waals surface area contributed by atoms with Gasteiger partial charge in [0.1, 0.15) is 29.5 Å². The minimum absolute atomic E-state index is 0.188. The number of rotatable bonds is 9. The monoisotopic (exact) mass is 607 g/mol. The number of nitrogens with one attached hydrogen (secondary N) is 2. The summed E-state index contributed by atoms with van der Waals surface area (Å²) in [4.78, 5) is 31.6. The normalized spacial score (nSPS) is 20.5. The number of hydrogen-bond acceptors (Lipinski definition) is 10. The van der Waals surface area contributed by atoms with Crippen LogP contribution in [0.4, 0.5) is 37.5 Å². The van der Waals surface area contributed by atoms with Crippen LogP contribution in [0, 0.1) is 11.6 Å². The van der Waals surface area contributed by atoms with Crippen molar-refractivity contribution >= 4 is 34.6 Å². The smallest absolute Gasteiger partial charge is 0.247 e. The zero-order valence-electron chi connectivity index (χ0n) is 24.5. The molecule has 0 unspecified atom stereocenters. The third kappa shape index (κ3) is 6.30. The van der Waals surface area contributed by atoms with E-state index in [2.05, 4.69) is 37.0 Å². The summed E-state index contributed by atoms with van der Waals surface area (Å²) in [5, 5.41) is 7.68. The second kappa shape index (κ2) is 13.1. The SMILES string of the molecule is C=CC(=O)Nc1cc(Nc2cc(N3OCC[C@@H]3c3cc(F)ccc3F)ncn2)c(OC)cc1N1CC[C@H](N2CCOCC2)C1. The topological polar surface area (TPSA) is 104 Å². The number of benzene rings is 2. The molecule has 0 spiro atoms. The lowest BCUT2D eigenvalue weighted by atomic mass is 10.0. The quantitative estimate of drug-likeness (QED) is 0.340. The van der Waals surface area contributed by atoms with Crippen molar-refractivity contribution in [2.75, 3.05) is 73.7 Å². The van der Waals surface area contributed by atoms with Crippen molar-refractivity contribution in [2.24, 2.45) is 0 Å². The predicted octanol–water partition coefficient (Wildman–Crippen LogP) is 4.43. The van der Waals surface area contributed by atoms with Crippen LogP contribution >= 0.6 is 0 Å². The largest absolute Gasteiger partial charge is 0.494 e. The molecule has 3 aliphatic rings. The Morgan fingerprint density at radius 3 is 2.70 bits per heavy atom. The van der Waals surface area contributed by atoms with Crippen LogP contribution in [0.3, 0.4) is 0 Å². The molecule has 0 bridgehead atoms. The summed E-state index contributed by atoms with van der Waals surface area (Å²) in [6, 6.07) is 8.55. The molecule has 2 atom stereocenters. The first-order valence-electron chi connectivity index (χ1n) is 14.6. The van der Waals surface area contributed by atoms with Crippen molar-refractivity contribution in [1.82, 2.24) is 14.9 Å². The van der Waals surface area contributed by atoms with Crippen molar-refractivity contribution in [1.29, 1.82) is 0 Å². The van der Waals surface area contributed by atoms with Gasteiger partial charge in [0.05, 0.1) is 50.0 Å². The highest BCUT2D eigenvalue weighted by Gasteiger charge is 2.33. The highest BCUT2D eigenvalue weighted by molar-refractivity contribution is 6.02. The van der Waals surface area contributed by atoms with E-state index in [0.29, 0.717) is 47.8 Å². The van der Waals surface area contributed by atoms with Crippen LogP contribution in [0.15, 0.2) is 55.4 Å². The van der Waals surface area contributed by atoms with Crippen LogP contribution in [0.5, 0.6) is 5.75 Å². The van der Waals surface area contributed by atoms with E-state index >= 15 is 0 Å². The summed E-state index contributed by atoms with van der Waals surface area (Å²) < 4.78 is 39.9. The fraction of sp³-hybridized carbons (Fsp3) is 0.387. The molecule has 6 rings (SSSR count). The van der Waals surface area contributed by atoms with Crippen molar-refractivity contribution in [3.8, 4) is 5.75 Å². The molecule has 44 heavy (non-hydrogen) atoms. The summed E-state index contributed by atoms with van der Waals surface area (Å²) in [6.07, 6.45) is 4.04. The van der Waals surface area contributed by atoms with Crippen LogP contribution in [-0.2, 0) is 14.4 Å². The van der Waals surface area contributed by atoms with Gasteiger partial charge < -0.3 is 25.0 Å². The fourth-order valence-corrected chi connectivity index (χ4v) is 6.00. The zero-order chi connectivity index (χ0) is 30.6. The van der Waals surface area contributed by atoms with Crippen LogP contribution < -0.4 is 25.3 Å². The van der Waals surface area contributed by atoms with Crippen LogP contribution in [0.25, 0.3) is 0 Å². The molecule has 11 nitrogen and oxygen atoms in total. The Labute approximate surface area is 254 Å². The Morgan fingerprint density at radius 2 is 1.91 bits per heavy atom. The molecule has 2 aromatic carbocycles. The Balaban J connectivity index is 1.27. The average Bonchev–Trinajstić information content (AvgIpc) is 3.74. The number of morpholine rings is 1. The van der Waals surface area contributed by atoms with Gasteiger partial charge >= 0.3 is 0 Å². The number of methoxy groups -OCH3 is 1. The number of carbonyl (C=O) groups excluding carboxylic acids is 1. The number of carbonyl (C=O) groups is 1. The van der Waals surface area contributed by atoms with E-state index in [1.807, 2.05) is 6.07 Å². The molecule has 1 amide bonds. The van der Waals surface area contributed by atoms with E-state index in [9.17, 15) is 13.6 Å². The molecule has 0 aliphatic carbocycles. The van der Waals surface area contributed by atoms with Gasteiger partial charge in [0.25, 0.3) is 0 Å². The van der Waals surface area contributed by atoms with Gasteiger partial charge in [-0.3, -0.25) is 14.5 Å². The van der Waals surface area contributed by atoms with Gasteiger partial charge in [0.2, 0.25) is 5.91 Å². The first kappa shape index (κ1) is 29.7. The molecular weight excluding hydrogens is 572 g/mol. The average molecular weight is 608 g/mol. The van der Waals surface area contributed by atoms with Crippen LogP contribution in [-0.4, -0.2) is 79.9 Å². The van der Waals surface area contributed by atoms with Gasteiger partial charge in [-0.25, -0.2) is 23.8 Å².